The molecule has 232 valence electrons. The Hall–Kier alpha value is -4.32. The van der Waals surface area contributed by atoms with Crippen LogP contribution in [0, 0.1) is 0 Å². The maximum absolute atomic E-state index is 13.7. The van der Waals surface area contributed by atoms with E-state index < -0.39 is 73.4 Å². The molecule has 2 aromatic carbocycles. The Bertz CT molecular complexity index is 1740. The van der Waals surface area contributed by atoms with Crippen LogP contribution in [-0.2, 0) is 35.8 Å². The summed E-state index contributed by atoms with van der Waals surface area (Å²) >= 11 is 0. The molecule has 0 bridgehead atoms. The zero-order valence-corrected chi connectivity index (χ0v) is 24.4. The number of fused-ring (bicyclic) bond motifs is 1. The van der Waals surface area contributed by atoms with Crippen molar-refractivity contribution in [2.45, 2.75) is 54.9 Å². The molecule has 1 aliphatic heterocycles. The number of H-pyrrole nitrogens is 1. The largest absolute Gasteiger partial charge is 0.486 e. The molecule has 0 spiro atoms. The van der Waals surface area contributed by atoms with Gasteiger partial charge in [-0.05, 0) is 57.2 Å². The summed E-state index contributed by atoms with van der Waals surface area (Å²) in [6.45, 7) is 4.30. The smallest absolute Gasteiger partial charge is 0.416 e. The Labute approximate surface area is 244 Å². The van der Waals surface area contributed by atoms with E-state index in [1.165, 1.54) is 18.2 Å². The van der Waals surface area contributed by atoms with Gasteiger partial charge in [0, 0.05) is 11.9 Å². The second-order valence-electron chi connectivity index (χ2n) is 10.3. The second-order valence-corrected chi connectivity index (χ2v) is 13.8. The van der Waals surface area contributed by atoms with Crippen LogP contribution in [0.1, 0.15) is 32.8 Å². The molecule has 3 N–H and O–H groups in total. The van der Waals surface area contributed by atoms with Gasteiger partial charge >= 0.3 is 12.3 Å². The number of hydrogen-bond donors (Lipinski definition) is 3. The van der Waals surface area contributed by atoms with E-state index in [9.17, 15) is 39.6 Å². The maximum atomic E-state index is 13.7. The topological polar surface area (TPSA) is 177 Å². The average molecular weight is 646 g/mol. The number of nitrogens with one attached hydrogen (secondary N) is 3. The van der Waals surface area contributed by atoms with Crippen LogP contribution < -0.4 is 19.1 Å². The first kappa shape index (κ1) is 31.6. The van der Waals surface area contributed by atoms with Crippen LogP contribution in [0.3, 0.4) is 0 Å². The van der Waals surface area contributed by atoms with Gasteiger partial charge in [0.1, 0.15) is 22.4 Å². The van der Waals surface area contributed by atoms with E-state index in [0.717, 1.165) is 28.8 Å². The summed E-state index contributed by atoms with van der Waals surface area (Å²) in [4.78, 5) is 23.9. The fraction of sp³-hybridized carbons (Fsp3) is 0.320. The molecule has 0 saturated carbocycles. The SMILES string of the molecule is CC(C)(C)OC(=O)Nc1ccc2c(c1)N(S(=O)(=O)c1cccc(C(F)(F)F)c1)C[C@H](CC(=O)NS(=O)(=O)c1cn[nH]c1)O2. The number of ether oxygens (including phenoxy) is 2. The van der Waals surface area contributed by atoms with Crippen LogP contribution in [0.2, 0.25) is 0 Å². The molecule has 2 heterocycles. The van der Waals surface area contributed by atoms with E-state index in [0.29, 0.717) is 12.1 Å². The van der Waals surface area contributed by atoms with Crippen LogP contribution in [-0.4, -0.2) is 57.3 Å². The molecule has 0 unspecified atom stereocenters. The van der Waals surface area contributed by atoms with Gasteiger partial charge in [0.15, 0.2) is 0 Å². The normalized spacial score (nSPS) is 15.7. The predicted octanol–water partition coefficient (Wildman–Crippen LogP) is 3.63. The number of nitrogens with zero attached hydrogens (tertiary/aromatic N) is 2. The van der Waals surface area contributed by atoms with Crippen molar-refractivity contribution in [3.63, 3.8) is 0 Å². The van der Waals surface area contributed by atoms with Gasteiger partial charge in [0.2, 0.25) is 5.91 Å². The predicted molar refractivity (Wildman–Crippen MR) is 145 cm³/mol. The fourth-order valence-electron chi connectivity index (χ4n) is 3.95. The molecule has 0 fully saturated rings. The molecule has 4 rings (SSSR count). The molecule has 1 aromatic heterocycles. The number of sulfonamides is 2. The Morgan fingerprint density at radius 1 is 1.09 bits per heavy atom. The van der Waals surface area contributed by atoms with Crippen LogP contribution >= 0.6 is 0 Å². The molecule has 0 aliphatic carbocycles. The van der Waals surface area contributed by atoms with Gasteiger partial charge in [-0.3, -0.25) is 19.5 Å². The number of amides is 2. The fourth-order valence-corrected chi connectivity index (χ4v) is 6.39. The lowest BCUT2D eigenvalue weighted by Gasteiger charge is -2.35. The van der Waals surface area contributed by atoms with Gasteiger partial charge in [-0.1, -0.05) is 6.07 Å². The molecule has 1 atom stereocenters. The number of aromatic nitrogens is 2. The zero-order chi connectivity index (χ0) is 31.8. The van der Waals surface area contributed by atoms with E-state index in [1.54, 1.807) is 20.8 Å². The Kier molecular flexibility index (Phi) is 8.38. The Morgan fingerprint density at radius 3 is 2.44 bits per heavy atom. The van der Waals surface area contributed by atoms with Crippen molar-refractivity contribution < 1.29 is 49.1 Å². The summed E-state index contributed by atoms with van der Waals surface area (Å²) in [7, 11) is -9.03. The van der Waals surface area contributed by atoms with Crippen molar-refractivity contribution in [2.24, 2.45) is 0 Å². The van der Waals surface area contributed by atoms with Gasteiger partial charge in [0.05, 0.1) is 35.3 Å². The van der Waals surface area contributed by atoms with Gasteiger partial charge in [-0.2, -0.15) is 18.3 Å². The standard InChI is InChI=1S/C25H26F3N5O8S2/c1-24(2,3)41-23(35)31-16-7-8-21-20(10-16)33(43(38,39)18-6-4-5-15(9-18)25(26,27)28)14-17(40-21)11-22(34)32-42(36,37)19-12-29-30-13-19/h4-10,12-13,17H,11,14H2,1-3H3,(H,29,30)(H,31,35)(H,32,34)/t17-/m0/s1. The van der Waals surface area contributed by atoms with Crippen molar-refractivity contribution in [3.8, 4) is 5.75 Å². The van der Waals surface area contributed by atoms with Crippen LogP contribution in [0.25, 0.3) is 0 Å². The lowest BCUT2D eigenvalue weighted by Crippen LogP contribution is -2.46. The summed E-state index contributed by atoms with van der Waals surface area (Å²) < 4.78 is 106. The molecule has 43 heavy (non-hydrogen) atoms. The lowest BCUT2D eigenvalue weighted by atomic mass is 10.1. The Balaban J connectivity index is 1.68. The van der Waals surface area contributed by atoms with Gasteiger partial charge in [-0.15, -0.1) is 0 Å². The molecular formula is C25H26F3N5O8S2. The highest BCUT2D eigenvalue weighted by atomic mass is 32.2. The van der Waals surface area contributed by atoms with Crippen LogP contribution in [0.4, 0.5) is 29.3 Å². The lowest BCUT2D eigenvalue weighted by molar-refractivity contribution is -0.137. The van der Waals surface area contributed by atoms with Crippen LogP contribution in [0.5, 0.6) is 5.75 Å². The number of hydrogen-bond acceptors (Lipinski definition) is 9. The number of anilines is 2. The Morgan fingerprint density at radius 2 is 1.81 bits per heavy atom. The minimum absolute atomic E-state index is 0.0724. The first-order valence-electron chi connectivity index (χ1n) is 12.4. The third-order valence-corrected chi connectivity index (χ3v) is 8.85. The molecule has 2 amide bonds. The van der Waals surface area contributed by atoms with Crippen molar-refractivity contribution in [1.29, 1.82) is 0 Å². The highest BCUT2D eigenvalue weighted by Gasteiger charge is 2.38. The zero-order valence-electron chi connectivity index (χ0n) is 22.8. The molecule has 18 heteroatoms. The van der Waals surface area contributed by atoms with E-state index in [2.05, 4.69) is 15.5 Å². The highest BCUT2D eigenvalue weighted by molar-refractivity contribution is 7.92. The summed E-state index contributed by atoms with van der Waals surface area (Å²) in [6.07, 6.45) is -5.60. The van der Waals surface area contributed by atoms with Gasteiger partial charge < -0.3 is 9.47 Å². The number of alkyl halides is 3. The number of benzene rings is 2. The summed E-state index contributed by atoms with van der Waals surface area (Å²) in [5.74, 6) is -1.15. The van der Waals surface area contributed by atoms with E-state index >= 15 is 0 Å². The number of carbonyl (C=O) groups excluding carboxylic acids is 2. The molecule has 1 aliphatic rings. The molecular weight excluding hydrogens is 619 g/mol. The van der Waals surface area contributed by atoms with Crippen molar-refractivity contribution in [3.05, 3.63) is 60.4 Å². The summed E-state index contributed by atoms with van der Waals surface area (Å²) in [5, 5.41) is 8.25. The molecule has 0 radical (unpaired) electrons. The molecule has 0 saturated heterocycles. The average Bonchev–Trinajstić information content (AvgIpc) is 3.43. The van der Waals surface area contributed by atoms with Gasteiger partial charge in [-0.25, -0.2) is 26.4 Å². The van der Waals surface area contributed by atoms with E-state index in [1.807, 2.05) is 4.72 Å². The minimum Gasteiger partial charge on any atom is -0.486 e. The summed E-state index contributed by atoms with van der Waals surface area (Å²) in [5.41, 5.74) is -2.14. The molecule has 13 nitrogen and oxygen atoms in total. The third kappa shape index (κ3) is 7.56. The van der Waals surface area contributed by atoms with Crippen molar-refractivity contribution >= 4 is 43.4 Å². The quantitative estimate of drug-likeness (QED) is 0.346. The number of halogens is 3. The summed E-state index contributed by atoms with van der Waals surface area (Å²) in [6, 6.07) is 6.93. The first-order chi connectivity index (χ1) is 19.8. The highest BCUT2D eigenvalue weighted by Crippen LogP contribution is 2.40. The number of aromatic amines is 1. The number of rotatable bonds is 7. The van der Waals surface area contributed by atoms with E-state index in [-0.39, 0.29) is 22.0 Å². The van der Waals surface area contributed by atoms with E-state index in [4.69, 9.17) is 9.47 Å². The first-order valence-corrected chi connectivity index (χ1v) is 15.3. The van der Waals surface area contributed by atoms with Crippen molar-refractivity contribution in [2.75, 3.05) is 16.2 Å². The third-order valence-electron chi connectivity index (χ3n) is 5.73. The van der Waals surface area contributed by atoms with Crippen molar-refractivity contribution in [1.82, 2.24) is 14.9 Å². The number of carbonyl (C=O) groups is 2. The second kappa shape index (κ2) is 11.4. The maximum Gasteiger partial charge on any atom is 0.416 e. The van der Waals surface area contributed by atoms with Gasteiger partial charge in [0.25, 0.3) is 20.0 Å². The molecule has 3 aromatic rings. The monoisotopic (exact) mass is 645 g/mol. The van der Waals surface area contributed by atoms with Crippen LogP contribution in [0.15, 0.2) is 64.6 Å². The minimum atomic E-state index is -4.83.